The minimum absolute atomic E-state index is 0.0463. The summed E-state index contributed by atoms with van der Waals surface area (Å²) in [7, 11) is 3.17. The number of carbonyl (C=O) groups excluding carboxylic acids is 3. The van der Waals surface area contributed by atoms with Crippen molar-refractivity contribution in [1.29, 1.82) is 0 Å². The van der Waals surface area contributed by atoms with Crippen LogP contribution in [0.15, 0.2) is 64.1 Å². The highest BCUT2D eigenvalue weighted by molar-refractivity contribution is 8.01. The Bertz CT molecular complexity index is 1020. The number of rotatable bonds is 13. The van der Waals surface area contributed by atoms with Gasteiger partial charge in [-0.1, -0.05) is 18.2 Å². The summed E-state index contributed by atoms with van der Waals surface area (Å²) in [6, 6.07) is 8.27. The van der Waals surface area contributed by atoms with Crippen LogP contribution in [0.25, 0.3) is 0 Å². The molecule has 0 spiro atoms. The molecule has 3 N–H and O–H groups in total. The van der Waals surface area contributed by atoms with Crippen LogP contribution in [-0.4, -0.2) is 56.1 Å². The SMILES string of the molecule is C\C=C(OC)/C(=C\C=C\SC)C(=O)NNC(=O)CCCCc1ccc(SC2(C(=O)NC)CCOCC2)cc1. The standard InChI is InChI=1S/C28H39N3O5S2/c1-5-24(35-3)23(10-8-20-37-4)26(33)31-30-25(32)11-7-6-9-21-12-14-22(15-13-21)38-28(27(34)29-2)16-18-36-19-17-28/h5,8,10,12-15,20H,6-7,9,11,16-19H2,1-4H3,(H,29,34)(H,30,32)(H,31,33)/b20-8+,23-10+,24-5+. The second-order valence-electron chi connectivity index (χ2n) is 8.64. The van der Waals surface area contributed by atoms with Crippen molar-refractivity contribution < 1.29 is 23.9 Å². The molecule has 0 radical (unpaired) electrons. The van der Waals surface area contributed by atoms with Gasteiger partial charge in [0.15, 0.2) is 0 Å². The van der Waals surface area contributed by atoms with E-state index in [0.717, 1.165) is 17.7 Å². The molecule has 1 saturated heterocycles. The Morgan fingerprint density at radius 1 is 1.11 bits per heavy atom. The van der Waals surface area contributed by atoms with E-state index in [1.807, 2.05) is 11.7 Å². The monoisotopic (exact) mass is 561 g/mol. The molecule has 0 aromatic heterocycles. The zero-order valence-corrected chi connectivity index (χ0v) is 24.3. The van der Waals surface area contributed by atoms with E-state index in [1.54, 1.807) is 44.0 Å². The predicted molar refractivity (Wildman–Crippen MR) is 154 cm³/mol. The van der Waals surface area contributed by atoms with E-state index in [1.165, 1.54) is 24.4 Å². The number of allylic oxidation sites excluding steroid dienone is 3. The number of hydrazine groups is 1. The van der Waals surface area contributed by atoms with E-state index < -0.39 is 10.7 Å². The first-order valence-corrected chi connectivity index (χ1v) is 14.8. The smallest absolute Gasteiger partial charge is 0.273 e. The number of ether oxygens (including phenoxy) is 2. The lowest BCUT2D eigenvalue weighted by atomic mass is 9.98. The molecule has 1 aromatic carbocycles. The van der Waals surface area contributed by atoms with Gasteiger partial charge in [-0.3, -0.25) is 25.2 Å². The first-order valence-electron chi connectivity index (χ1n) is 12.7. The molecule has 0 bridgehead atoms. The first kappa shape index (κ1) is 31.5. The van der Waals surface area contributed by atoms with Gasteiger partial charge in [0, 0.05) is 31.6 Å². The Labute approximate surface area is 234 Å². The van der Waals surface area contributed by atoms with Gasteiger partial charge in [-0.05, 0) is 80.5 Å². The van der Waals surface area contributed by atoms with Crippen molar-refractivity contribution in [2.45, 2.75) is 55.1 Å². The fourth-order valence-electron chi connectivity index (χ4n) is 3.99. The fraction of sp³-hybridized carbons (Fsp3) is 0.464. The van der Waals surface area contributed by atoms with Crippen molar-refractivity contribution in [3.63, 3.8) is 0 Å². The van der Waals surface area contributed by atoms with Gasteiger partial charge in [-0.15, -0.1) is 23.5 Å². The molecule has 0 aliphatic carbocycles. The topological polar surface area (TPSA) is 106 Å². The molecule has 0 saturated carbocycles. The van der Waals surface area contributed by atoms with Gasteiger partial charge < -0.3 is 14.8 Å². The average Bonchev–Trinajstić information content (AvgIpc) is 2.94. The maximum Gasteiger partial charge on any atom is 0.273 e. The van der Waals surface area contributed by atoms with Gasteiger partial charge in [-0.25, -0.2) is 0 Å². The zero-order valence-electron chi connectivity index (χ0n) is 22.6. The molecule has 8 nitrogen and oxygen atoms in total. The number of aryl methyl sites for hydroxylation is 1. The lowest BCUT2D eigenvalue weighted by Gasteiger charge is -2.34. The number of unbranched alkanes of at least 4 members (excludes halogenated alkanes) is 1. The number of methoxy groups -OCH3 is 1. The zero-order chi connectivity index (χ0) is 27.8. The normalized spacial score (nSPS) is 15.7. The Balaban J connectivity index is 1.78. The van der Waals surface area contributed by atoms with E-state index in [0.29, 0.717) is 50.2 Å². The molecule has 3 amide bonds. The Morgan fingerprint density at radius 3 is 2.42 bits per heavy atom. The highest BCUT2D eigenvalue weighted by Crippen LogP contribution is 2.40. The van der Waals surface area contributed by atoms with Crippen LogP contribution in [0.4, 0.5) is 0 Å². The maximum absolute atomic E-state index is 12.6. The maximum atomic E-state index is 12.6. The molecule has 2 rings (SSSR count). The Hall–Kier alpha value is -2.69. The molecule has 0 unspecified atom stereocenters. The summed E-state index contributed by atoms with van der Waals surface area (Å²) in [5.74, 6) is -0.232. The molecule has 1 aliphatic heterocycles. The fourth-order valence-corrected chi connectivity index (χ4v) is 5.52. The molecule has 0 atom stereocenters. The summed E-state index contributed by atoms with van der Waals surface area (Å²) in [5.41, 5.74) is 6.44. The highest BCUT2D eigenvalue weighted by atomic mass is 32.2. The van der Waals surface area contributed by atoms with Crippen molar-refractivity contribution in [3.8, 4) is 0 Å². The number of benzene rings is 1. The van der Waals surface area contributed by atoms with Crippen LogP contribution < -0.4 is 16.2 Å². The van der Waals surface area contributed by atoms with Crippen molar-refractivity contribution in [3.05, 3.63) is 64.8 Å². The molecule has 208 valence electrons. The van der Waals surface area contributed by atoms with Gasteiger partial charge >= 0.3 is 0 Å². The van der Waals surface area contributed by atoms with Crippen LogP contribution in [0.5, 0.6) is 0 Å². The number of hydrogen-bond donors (Lipinski definition) is 3. The summed E-state index contributed by atoms with van der Waals surface area (Å²) in [6.45, 7) is 2.96. The Kier molecular flexibility index (Phi) is 14.1. The van der Waals surface area contributed by atoms with E-state index in [9.17, 15) is 14.4 Å². The van der Waals surface area contributed by atoms with Gasteiger partial charge in [0.1, 0.15) is 10.5 Å². The van der Waals surface area contributed by atoms with Crippen LogP contribution in [-0.2, 0) is 30.3 Å². The molecule has 1 aliphatic rings. The summed E-state index contributed by atoms with van der Waals surface area (Å²) >= 11 is 3.12. The summed E-state index contributed by atoms with van der Waals surface area (Å²) in [6.07, 6.45) is 11.1. The Morgan fingerprint density at radius 2 is 1.82 bits per heavy atom. The van der Waals surface area contributed by atoms with Crippen LogP contribution in [0.1, 0.15) is 44.6 Å². The number of thioether (sulfide) groups is 2. The third-order valence-electron chi connectivity index (χ3n) is 6.08. The van der Waals surface area contributed by atoms with E-state index in [-0.39, 0.29) is 11.8 Å². The quantitative estimate of drug-likeness (QED) is 0.108. The van der Waals surface area contributed by atoms with Crippen molar-refractivity contribution in [1.82, 2.24) is 16.2 Å². The second kappa shape index (κ2) is 17.0. The largest absolute Gasteiger partial charge is 0.496 e. The third-order valence-corrected chi connectivity index (χ3v) is 8.00. The molecular weight excluding hydrogens is 522 g/mol. The van der Waals surface area contributed by atoms with Gasteiger partial charge in [-0.2, -0.15) is 0 Å². The second-order valence-corrected chi connectivity index (χ2v) is 10.8. The molecule has 38 heavy (non-hydrogen) atoms. The average molecular weight is 562 g/mol. The van der Waals surface area contributed by atoms with Crippen molar-refractivity contribution in [2.75, 3.05) is 33.6 Å². The summed E-state index contributed by atoms with van der Waals surface area (Å²) < 4.78 is 10.2. The molecule has 1 fully saturated rings. The highest BCUT2D eigenvalue weighted by Gasteiger charge is 2.40. The van der Waals surface area contributed by atoms with Crippen LogP contribution in [0.3, 0.4) is 0 Å². The number of hydrogen-bond acceptors (Lipinski definition) is 7. The summed E-state index contributed by atoms with van der Waals surface area (Å²) in [5, 5.41) is 4.65. The third kappa shape index (κ3) is 9.89. The van der Waals surface area contributed by atoms with Gasteiger partial charge in [0.25, 0.3) is 5.91 Å². The van der Waals surface area contributed by atoms with E-state index >= 15 is 0 Å². The number of nitrogens with one attached hydrogen (secondary N) is 3. The van der Waals surface area contributed by atoms with Gasteiger partial charge in [0.2, 0.25) is 11.8 Å². The van der Waals surface area contributed by atoms with Crippen LogP contribution in [0, 0.1) is 0 Å². The number of carbonyl (C=O) groups is 3. The molecule has 1 aromatic rings. The van der Waals surface area contributed by atoms with Crippen molar-refractivity contribution in [2.24, 2.45) is 0 Å². The summed E-state index contributed by atoms with van der Waals surface area (Å²) in [4.78, 5) is 38.4. The predicted octanol–water partition coefficient (Wildman–Crippen LogP) is 4.29. The lowest BCUT2D eigenvalue weighted by Crippen LogP contribution is -2.46. The minimum Gasteiger partial charge on any atom is -0.496 e. The lowest BCUT2D eigenvalue weighted by molar-refractivity contribution is -0.127. The molecule has 10 heteroatoms. The van der Waals surface area contributed by atoms with Gasteiger partial charge in [0.05, 0.1) is 12.7 Å². The minimum atomic E-state index is -0.489. The van der Waals surface area contributed by atoms with Crippen LogP contribution >= 0.6 is 23.5 Å². The van der Waals surface area contributed by atoms with E-state index in [4.69, 9.17) is 9.47 Å². The molecular formula is C28H39N3O5S2. The van der Waals surface area contributed by atoms with Crippen LogP contribution in [0.2, 0.25) is 0 Å². The van der Waals surface area contributed by atoms with Crippen molar-refractivity contribution >= 4 is 41.2 Å². The molecule has 1 heterocycles. The number of amides is 3. The first-order chi connectivity index (χ1) is 18.4. The van der Waals surface area contributed by atoms with E-state index in [2.05, 4.69) is 40.4 Å².